The van der Waals surface area contributed by atoms with Gasteiger partial charge in [0.15, 0.2) is 0 Å². The van der Waals surface area contributed by atoms with Gasteiger partial charge in [-0.2, -0.15) is 5.10 Å². The summed E-state index contributed by atoms with van der Waals surface area (Å²) in [5.74, 6) is -0.716. The minimum absolute atomic E-state index is 0.272. The van der Waals surface area contributed by atoms with E-state index in [1.54, 1.807) is 43.3 Å². The van der Waals surface area contributed by atoms with E-state index in [1.165, 1.54) is 17.4 Å². The van der Waals surface area contributed by atoms with E-state index >= 15 is 0 Å². The fourth-order valence-electron chi connectivity index (χ4n) is 3.08. The molecule has 4 aromatic rings. The van der Waals surface area contributed by atoms with Gasteiger partial charge in [0.1, 0.15) is 4.88 Å². The van der Waals surface area contributed by atoms with Gasteiger partial charge in [-0.1, -0.05) is 65.1 Å². The fourth-order valence-corrected chi connectivity index (χ4v) is 4.98. The number of nitrogens with one attached hydrogen (secondary N) is 2. The van der Waals surface area contributed by atoms with Crippen LogP contribution >= 0.6 is 46.1 Å². The predicted octanol–water partition coefficient (Wildman–Crippen LogP) is 7.27. The average Bonchev–Trinajstić information content (AvgIpc) is 3.14. The van der Waals surface area contributed by atoms with Crippen LogP contribution in [-0.2, 0) is 0 Å². The van der Waals surface area contributed by atoms with Gasteiger partial charge in [-0.05, 0) is 48.9 Å². The highest BCUT2D eigenvalue weighted by atomic mass is 35.5. The Kier molecular flexibility index (Phi) is 7.00. The molecule has 0 unspecified atom stereocenters. The summed E-state index contributed by atoms with van der Waals surface area (Å²) < 4.78 is 0.936. The van der Waals surface area contributed by atoms with Crippen molar-refractivity contribution in [1.29, 1.82) is 0 Å². The molecule has 0 aliphatic heterocycles. The van der Waals surface area contributed by atoms with Gasteiger partial charge in [0.25, 0.3) is 11.8 Å². The maximum atomic E-state index is 12.6. The van der Waals surface area contributed by atoms with Gasteiger partial charge in [0.2, 0.25) is 0 Å². The quantitative estimate of drug-likeness (QED) is 0.216. The van der Waals surface area contributed by atoms with Crippen LogP contribution in [0.3, 0.4) is 0 Å². The summed E-state index contributed by atoms with van der Waals surface area (Å²) in [7, 11) is 0. The number of carbonyl (C=O) groups is 2. The van der Waals surface area contributed by atoms with Crippen LogP contribution in [0.25, 0.3) is 10.1 Å². The number of hydrazone groups is 1. The summed E-state index contributed by atoms with van der Waals surface area (Å²) in [6.45, 7) is 1.77. The van der Waals surface area contributed by atoms with Gasteiger partial charge in [0.05, 0.1) is 21.3 Å². The Morgan fingerprint density at radius 1 is 0.909 bits per heavy atom. The highest BCUT2D eigenvalue weighted by molar-refractivity contribution is 7.21. The second-order valence-electron chi connectivity index (χ2n) is 7.04. The highest BCUT2D eigenvalue weighted by Gasteiger charge is 2.16. The first-order chi connectivity index (χ1) is 15.8. The minimum Gasteiger partial charge on any atom is -0.322 e. The first kappa shape index (κ1) is 23.3. The third-order valence-electron chi connectivity index (χ3n) is 4.80. The van der Waals surface area contributed by atoms with Crippen LogP contribution in [0.2, 0.25) is 15.1 Å². The van der Waals surface area contributed by atoms with E-state index in [-0.39, 0.29) is 16.8 Å². The molecule has 0 saturated heterocycles. The van der Waals surface area contributed by atoms with E-state index in [1.807, 2.05) is 24.3 Å². The summed E-state index contributed by atoms with van der Waals surface area (Å²) >= 11 is 19.6. The van der Waals surface area contributed by atoms with Crippen molar-refractivity contribution in [2.45, 2.75) is 6.92 Å². The standard InChI is InChI=1S/C24H16Cl3N3O2S/c1-13(29-30-24(32)22-21(27)18-4-2-3-5-20(18)33-22)14-6-9-16(10-7-14)28-23(31)17-11-8-15(25)12-19(17)26/h2-12H,1H3,(H,28,31)(H,30,32). The molecular formula is C24H16Cl3N3O2S. The molecule has 0 atom stereocenters. The van der Waals surface area contributed by atoms with Crippen molar-refractivity contribution in [3.05, 3.63) is 97.8 Å². The molecule has 0 saturated carbocycles. The maximum absolute atomic E-state index is 12.6. The number of carbonyl (C=O) groups excluding carboxylic acids is 2. The maximum Gasteiger partial charge on any atom is 0.283 e. The van der Waals surface area contributed by atoms with Crippen LogP contribution in [-0.4, -0.2) is 17.5 Å². The number of hydrogen-bond acceptors (Lipinski definition) is 4. The van der Waals surface area contributed by atoms with Crippen LogP contribution < -0.4 is 10.7 Å². The second kappa shape index (κ2) is 9.93. The zero-order valence-corrected chi connectivity index (χ0v) is 20.2. The van der Waals surface area contributed by atoms with E-state index in [0.29, 0.717) is 31.9 Å². The number of thiophene rings is 1. The average molecular weight is 517 g/mol. The van der Waals surface area contributed by atoms with Crippen molar-refractivity contribution < 1.29 is 9.59 Å². The molecule has 5 nitrogen and oxygen atoms in total. The molecule has 0 aliphatic carbocycles. The Morgan fingerprint density at radius 3 is 2.33 bits per heavy atom. The molecule has 1 aromatic heterocycles. The van der Waals surface area contributed by atoms with E-state index in [4.69, 9.17) is 34.8 Å². The summed E-state index contributed by atoms with van der Waals surface area (Å²) in [6.07, 6.45) is 0. The van der Waals surface area contributed by atoms with E-state index in [9.17, 15) is 9.59 Å². The van der Waals surface area contributed by atoms with E-state index in [2.05, 4.69) is 15.8 Å². The number of nitrogens with zero attached hydrogens (tertiary/aromatic N) is 1. The predicted molar refractivity (Wildman–Crippen MR) is 137 cm³/mol. The van der Waals surface area contributed by atoms with Crippen molar-refractivity contribution >= 4 is 79.4 Å². The van der Waals surface area contributed by atoms with Crippen LogP contribution in [0.15, 0.2) is 71.8 Å². The molecule has 1 heterocycles. The summed E-state index contributed by atoms with van der Waals surface area (Å²) in [5, 5.41) is 8.96. The molecule has 2 amide bonds. The van der Waals surface area contributed by atoms with Crippen molar-refractivity contribution in [1.82, 2.24) is 5.43 Å². The lowest BCUT2D eigenvalue weighted by molar-refractivity contribution is 0.0958. The summed E-state index contributed by atoms with van der Waals surface area (Å²) in [4.78, 5) is 25.4. The van der Waals surface area contributed by atoms with Gasteiger partial charge >= 0.3 is 0 Å². The number of anilines is 1. The zero-order chi connectivity index (χ0) is 23.5. The van der Waals surface area contributed by atoms with Crippen molar-refractivity contribution in [3.8, 4) is 0 Å². The molecule has 9 heteroatoms. The Morgan fingerprint density at radius 2 is 1.64 bits per heavy atom. The Labute approximate surface area is 209 Å². The molecule has 4 rings (SSSR count). The highest BCUT2D eigenvalue weighted by Crippen LogP contribution is 2.35. The third-order valence-corrected chi connectivity index (χ3v) is 7.02. The van der Waals surface area contributed by atoms with Crippen LogP contribution in [0.5, 0.6) is 0 Å². The Bertz CT molecular complexity index is 1400. The molecule has 2 N–H and O–H groups in total. The van der Waals surface area contributed by atoms with Crippen molar-refractivity contribution in [3.63, 3.8) is 0 Å². The molecule has 0 aliphatic rings. The number of amides is 2. The third kappa shape index (κ3) is 5.20. The zero-order valence-electron chi connectivity index (χ0n) is 17.2. The molecule has 0 bridgehead atoms. The lowest BCUT2D eigenvalue weighted by Crippen LogP contribution is -2.18. The Balaban J connectivity index is 1.43. The molecular weight excluding hydrogens is 501 g/mol. The van der Waals surface area contributed by atoms with Crippen LogP contribution in [0.4, 0.5) is 5.69 Å². The largest absolute Gasteiger partial charge is 0.322 e. The topological polar surface area (TPSA) is 70.6 Å². The SMILES string of the molecule is CC(=NNC(=O)c1sc2ccccc2c1Cl)c1ccc(NC(=O)c2ccc(Cl)cc2Cl)cc1. The molecule has 0 radical (unpaired) electrons. The Hall–Kier alpha value is -2.90. The van der Waals surface area contributed by atoms with Crippen LogP contribution in [0.1, 0.15) is 32.5 Å². The normalized spacial score (nSPS) is 11.5. The van der Waals surface area contributed by atoms with Gasteiger partial charge in [-0.3, -0.25) is 9.59 Å². The summed E-state index contributed by atoms with van der Waals surface area (Å²) in [6, 6.07) is 19.3. The number of rotatable bonds is 5. The minimum atomic E-state index is -0.371. The smallest absolute Gasteiger partial charge is 0.283 e. The molecule has 0 fully saturated rings. The molecule has 166 valence electrons. The summed E-state index contributed by atoms with van der Waals surface area (Å²) in [5.41, 5.74) is 4.84. The van der Waals surface area contributed by atoms with E-state index < -0.39 is 0 Å². The lowest BCUT2D eigenvalue weighted by Gasteiger charge is -2.08. The van der Waals surface area contributed by atoms with E-state index in [0.717, 1.165) is 15.6 Å². The van der Waals surface area contributed by atoms with Gasteiger partial charge in [0, 0.05) is 20.8 Å². The number of fused-ring (bicyclic) bond motifs is 1. The molecule has 3 aromatic carbocycles. The monoisotopic (exact) mass is 515 g/mol. The van der Waals surface area contributed by atoms with Crippen LogP contribution in [0, 0.1) is 0 Å². The second-order valence-corrected chi connectivity index (χ2v) is 9.31. The number of halogens is 3. The van der Waals surface area contributed by atoms with Crippen molar-refractivity contribution in [2.24, 2.45) is 5.10 Å². The molecule has 0 spiro atoms. The van der Waals surface area contributed by atoms with Gasteiger partial charge in [-0.25, -0.2) is 5.43 Å². The van der Waals surface area contributed by atoms with Gasteiger partial charge in [-0.15, -0.1) is 11.3 Å². The number of hydrogen-bond donors (Lipinski definition) is 2. The number of benzene rings is 3. The van der Waals surface area contributed by atoms with Gasteiger partial charge < -0.3 is 5.32 Å². The first-order valence-corrected chi connectivity index (χ1v) is 11.7. The van der Waals surface area contributed by atoms with Crippen molar-refractivity contribution in [2.75, 3.05) is 5.32 Å². The fraction of sp³-hybridized carbons (Fsp3) is 0.0417. The molecule has 33 heavy (non-hydrogen) atoms. The lowest BCUT2D eigenvalue weighted by atomic mass is 10.1. The first-order valence-electron chi connectivity index (χ1n) is 9.72.